The molecule has 3 aliphatic rings. The fraction of sp³-hybridized carbons (Fsp3) is 0.857. The Morgan fingerprint density at radius 2 is 1.25 bits per heavy atom. The van der Waals surface area contributed by atoms with Crippen LogP contribution >= 0.6 is 0 Å². The molecule has 1 saturated carbocycles. The summed E-state index contributed by atoms with van der Waals surface area (Å²) in [4.78, 5) is 24.2. The number of carbonyl (C=O) groups excluding carboxylic acids is 2. The number of esters is 2. The van der Waals surface area contributed by atoms with Gasteiger partial charge in [-0.1, -0.05) is 12.8 Å². The van der Waals surface area contributed by atoms with Crippen molar-refractivity contribution >= 4 is 11.9 Å². The van der Waals surface area contributed by atoms with E-state index in [9.17, 15) is 9.59 Å². The van der Waals surface area contributed by atoms with Crippen LogP contribution in [0, 0.1) is 11.8 Å². The molecule has 2 saturated heterocycles. The second-order valence-electron chi connectivity index (χ2n) is 5.67. The van der Waals surface area contributed by atoms with Crippen molar-refractivity contribution in [1.29, 1.82) is 0 Å². The van der Waals surface area contributed by atoms with Gasteiger partial charge in [-0.3, -0.25) is 9.59 Å². The van der Waals surface area contributed by atoms with Crippen molar-refractivity contribution in [2.75, 3.05) is 26.4 Å². The third-order valence-electron chi connectivity index (χ3n) is 4.00. The van der Waals surface area contributed by atoms with Crippen LogP contribution in [-0.4, -0.2) is 50.6 Å². The minimum atomic E-state index is -0.366. The Balaban J connectivity index is 1.50. The highest BCUT2D eigenvalue weighted by molar-refractivity contribution is 5.82. The van der Waals surface area contributed by atoms with Crippen molar-refractivity contribution in [2.45, 2.75) is 37.9 Å². The monoisotopic (exact) mass is 284 g/mol. The molecule has 20 heavy (non-hydrogen) atoms. The Morgan fingerprint density at radius 1 is 0.850 bits per heavy atom. The molecule has 0 aromatic heterocycles. The Bertz CT molecular complexity index is 338. The van der Waals surface area contributed by atoms with Gasteiger partial charge in [-0.25, -0.2) is 0 Å². The minimum absolute atomic E-state index is 0.0555. The Kier molecular flexibility index (Phi) is 4.21. The van der Waals surface area contributed by atoms with Gasteiger partial charge in [0.1, 0.15) is 25.4 Å². The highest BCUT2D eigenvalue weighted by Crippen LogP contribution is 2.32. The zero-order valence-corrected chi connectivity index (χ0v) is 11.4. The molecule has 3 fully saturated rings. The topological polar surface area (TPSA) is 77.7 Å². The van der Waals surface area contributed by atoms with Gasteiger partial charge < -0.3 is 18.9 Å². The summed E-state index contributed by atoms with van der Waals surface area (Å²) >= 11 is 0. The maximum atomic E-state index is 12.1. The van der Waals surface area contributed by atoms with Gasteiger partial charge in [0.25, 0.3) is 0 Å². The summed E-state index contributed by atoms with van der Waals surface area (Å²) in [7, 11) is 0. The summed E-state index contributed by atoms with van der Waals surface area (Å²) in [5, 5.41) is 0. The predicted molar refractivity (Wildman–Crippen MR) is 66.8 cm³/mol. The molecular weight excluding hydrogens is 264 g/mol. The summed E-state index contributed by atoms with van der Waals surface area (Å²) in [6.45, 7) is 1.91. The van der Waals surface area contributed by atoms with E-state index in [4.69, 9.17) is 18.9 Å². The maximum absolute atomic E-state index is 12.1. The largest absolute Gasteiger partial charge is 0.463 e. The first kappa shape index (κ1) is 13.8. The molecule has 6 nitrogen and oxygen atoms in total. The third kappa shape index (κ3) is 3.70. The molecule has 0 spiro atoms. The van der Waals surface area contributed by atoms with E-state index in [0.717, 1.165) is 12.8 Å². The molecule has 0 bridgehead atoms. The molecule has 0 aromatic carbocycles. The smallest absolute Gasteiger partial charge is 0.309 e. The maximum Gasteiger partial charge on any atom is 0.309 e. The van der Waals surface area contributed by atoms with Crippen molar-refractivity contribution in [3.63, 3.8) is 0 Å². The molecule has 0 amide bonds. The summed E-state index contributed by atoms with van der Waals surface area (Å²) in [5.41, 5.74) is 0. The Morgan fingerprint density at radius 3 is 1.60 bits per heavy atom. The van der Waals surface area contributed by atoms with Crippen molar-refractivity contribution < 1.29 is 28.5 Å². The molecule has 2 heterocycles. The van der Waals surface area contributed by atoms with E-state index in [2.05, 4.69) is 0 Å². The van der Waals surface area contributed by atoms with E-state index in [1.165, 1.54) is 0 Å². The summed E-state index contributed by atoms with van der Waals surface area (Å²) in [6, 6.07) is 0. The van der Waals surface area contributed by atoms with Crippen LogP contribution in [0.4, 0.5) is 0 Å². The first-order valence-electron chi connectivity index (χ1n) is 7.30. The Labute approximate surface area is 117 Å². The van der Waals surface area contributed by atoms with Gasteiger partial charge in [-0.2, -0.15) is 0 Å². The lowest BCUT2D eigenvalue weighted by Gasteiger charge is -2.28. The molecule has 0 aromatic rings. The van der Waals surface area contributed by atoms with Crippen molar-refractivity contribution in [3.8, 4) is 0 Å². The molecule has 3 rings (SSSR count). The zero-order chi connectivity index (χ0) is 13.9. The lowest BCUT2D eigenvalue weighted by molar-refractivity contribution is -0.163. The van der Waals surface area contributed by atoms with E-state index in [1.807, 2.05) is 0 Å². The fourth-order valence-electron chi connectivity index (χ4n) is 2.59. The predicted octanol–water partition coefficient (Wildman–Crippen LogP) is 0.677. The molecule has 112 valence electrons. The molecular formula is C14H20O6. The molecule has 0 radical (unpaired) electrons. The summed E-state index contributed by atoms with van der Waals surface area (Å²) < 4.78 is 20.5. The molecule has 2 aliphatic heterocycles. The first-order chi connectivity index (χ1) is 9.74. The third-order valence-corrected chi connectivity index (χ3v) is 4.00. The number of rotatable bonds is 6. The van der Waals surface area contributed by atoms with Crippen LogP contribution in [0.25, 0.3) is 0 Å². The van der Waals surface area contributed by atoms with Crippen LogP contribution < -0.4 is 0 Å². The van der Waals surface area contributed by atoms with E-state index in [-0.39, 0.29) is 36.0 Å². The second kappa shape index (κ2) is 6.10. The number of hydrogen-bond donors (Lipinski definition) is 0. The van der Waals surface area contributed by atoms with Crippen LogP contribution in [0.1, 0.15) is 25.7 Å². The lowest BCUT2D eigenvalue weighted by Crippen LogP contribution is -2.35. The van der Waals surface area contributed by atoms with Gasteiger partial charge in [0.2, 0.25) is 0 Å². The fourth-order valence-corrected chi connectivity index (χ4v) is 2.59. The van der Waals surface area contributed by atoms with Gasteiger partial charge in [-0.05, 0) is 12.8 Å². The van der Waals surface area contributed by atoms with E-state index < -0.39 is 0 Å². The van der Waals surface area contributed by atoms with Gasteiger partial charge >= 0.3 is 11.9 Å². The quantitative estimate of drug-likeness (QED) is 0.527. The van der Waals surface area contributed by atoms with Crippen LogP contribution in [-0.2, 0) is 28.5 Å². The normalized spacial score (nSPS) is 35.2. The number of epoxide rings is 2. The summed E-state index contributed by atoms with van der Waals surface area (Å²) in [5.74, 6) is -1.31. The van der Waals surface area contributed by atoms with Crippen LogP contribution in [0.5, 0.6) is 0 Å². The zero-order valence-electron chi connectivity index (χ0n) is 11.4. The average molecular weight is 284 g/mol. The van der Waals surface area contributed by atoms with Gasteiger partial charge in [0.15, 0.2) is 0 Å². The standard InChI is InChI=1S/C14H20O6/c15-13(19-7-9-5-17-9)11-3-1-2-4-12(11)14(16)20-8-10-6-18-10/h9-12H,1-8H2/t9-,10-,11-,12+/m0/s1. The summed E-state index contributed by atoms with van der Waals surface area (Å²) in [6.07, 6.45) is 3.42. The first-order valence-corrected chi connectivity index (χ1v) is 7.30. The van der Waals surface area contributed by atoms with Crippen molar-refractivity contribution in [3.05, 3.63) is 0 Å². The van der Waals surface area contributed by atoms with Crippen molar-refractivity contribution in [1.82, 2.24) is 0 Å². The molecule has 0 N–H and O–H groups in total. The Hall–Kier alpha value is -1.14. The number of ether oxygens (including phenoxy) is 4. The average Bonchev–Trinajstić information content (AvgIpc) is 3.36. The highest BCUT2D eigenvalue weighted by Gasteiger charge is 2.39. The van der Waals surface area contributed by atoms with Gasteiger partial charge in [0.05, 0.1) is 25.0 Å². The number of carbonyl (C=O) groups is 2. The highest BCUT2D eigenvalue weighted by atomic mass is 16.6. The second-order valence-corrected chi connectivity index (χ2v) is 5.67. The molecule has 6 heteroatoms. The van der Waals surface area contributed by atoms with Crippen LogP contribution in [0.2, 0.25) is 0 Å². The number of hydrogen-bond acceptors (Lipinski definition) is 6. The minimum Gasteiger partial charge on any atom is -0.463 e. The lowest BCUT2D eigenvalue weighted by atomic mass is 9.79. The van der Waals surface area contributed by atoms with Crippen LogP contribution in [0.15, 0.2) is 0 Å². The molecule has 0 unspecified atom stereocenters. The van der Waals surface area contributed by atoms with Crippen LogP contribution in [0.3, 0.4) is 0 Å². The molecule has 4 atom stereocenters. The molecule has 1 aliphatic carbocycles. The SMILES string of the molecule is O=C(OC[C@@H]1CO1)[C@H]1CCCC[C@H]1C(=O)OC[C@@H]1CO1. The van der Waals surface area contributed by atoms with E-state index >= 15 is 0 Å². The van der Waals surface area contributed by atoms with Gasteiger partial charge in [0, 0.05) is 0 Å². The van der Waals surface area contributed by atoms with E-state index in [1.54, 1.807) is 0 Å². The van der Waals surface area contributed by atoms with Gasteiger partial charge in [-0.15, -0.1) is 0 Å². The van der Waals surface area contributed by atoms with E-state index in [0.29, 0.717) is 39.3 Å². The van der Waals surface area contributed by atoms with Crippen molar-refractivity contribution in [2.24, 2.45) is 11.8 Å².